The van der Waals surface area contributed by atoms with Crippen LogP contribution in [0.3, 0.4) is 0 Å². The summed E-state index contributed by atoms with van der Waals surface area (Å²) in [5.41, 5.74) is 0.972. The number of benzene rings is 1. The highest BCUT2D eigenvalue weighted by Crippen LogP contribution is 2.36. The average molecular weight is 348 g/mol. The lowest BCUT2D eigenvalue weighted by Gasteiger charge is -2.24. The molecule has 0 spiro atoms. The molecule has 2 rings (SSSR count). The predicted octanol–water partition coefficient (Wildman–Crippen LogP) is 3.91. The first-order chi connectivity index (χ1) is 9.20. The fourth-order valence-electron chi connectivity index (χ4n) is 2.32. The number of rotatable bonds is 5. The van der Waals surface area contributed by atoms with Gasteiger partial charge in [0.1, 0.15) is 0 Å². The zero-order valence-electron chi connectivity index (χ0n) is 11.1. The molecule has 1 fully saturated rings. The molecular weight excluding hydrogens is 328 g/mol. The molecule has 3 nitrogen and oxygen atoms in total. The summed E-state index contributed by atoms with van der Waals surface area (Å²) < 4.78 is 6.58. The van der Waals surface area contributed by atoms with Crippen molar-refractivity contribution in [2.24, 2.45) is 5.92 Å². The number of hydrogen-bond donors (Lipinski definition) is 2. The standard InChI is InChI=1S/C14H20BrClN2O/c1-2-19-14-12(15)7-11(16)8-13(14)18-9-10-3-5-17-6-4-10/h7-8,10,17-18H,2-6,9H2,1H3. The minimum atomic E-state index is 0.641. The maximum absolute atomic E-state index is 6.11. The van der Waals surface area contributed by atoms with Crippen LogP contribution < -0.4 is 15.4 Å². The van der Waals surface area contributed by atoms with Crippen LogP contribution in [0.4, 0.5) is 5.69 Å². The quantitative estimate of drug-likeness (QED) is 0.847. The van der Waals surface area contributed by atoms with Crippen LogP contribution >= 0.6 is 27.5 Å². The Morgan fingerprint density at radius 3 is 2.84 bits per heavy atom. The van der Waals surface area contributed by atoms with Gasteiger partial charge in [0.15, 0.2) is 5.75 Å². The van der Waals surface area contributed by atoms with E-state index in [0.29, 0.717) is 17.5 Å². The molecule has 106 valence electrons. The first-order valence-electron chi connectivity index (χ1n) is 6.77. The number of piperidine rings is 1. The van der Waals surface area contributed by atoms with Gasteiger partial charge in [0.05, 0.1) is 16.8 Å². The summed E-state index contributed by atoms with van der Waals surface area (Å²) in [6.45, 7) is 5.82. The highest BCUT2D eigenvalue weighted by atomic mass is 79.9. The molecule has 1 heterocycles. The van der Waals surface area contributed by atoms with Gasteiger partial charge in [0.25, 0.3) is 0 Å². The van der Waals surface area contributed by atoms with Gasteiger partial charge in [0.2, 0.25) is 0 Å². The van der Waals surface area contributed by atoms with Crippen LogP contribution in [0.1, 0.15) is 19.8 Å². The molecule has 0 radical (unpaired) electrons. The van der Waals surface area contributed by atoms with Crippen LogP contribution in [-0.4, -0.2) is 26.2 Å². The van der Waals surface area contributed by atoms with Gasteiger partial charge in [-0.2, -0.15) is 0 Å². The van der Waals surface area contributed by atoms with E-state index in [1.165, 1.54) is 12.8 Å². The summed E-state index contributed by atoms with van der Waals surface area (Å²) >= 11 is 9.61. The minimum absolute atomic E-state index is 0.641. The third-order valence-electron chi connectivity index (χ3n) is 3.34. The Balaban J connectivity index is 2.04. The zero-order chi connectivity index (χ0) is 13.7. The topological polar surface area (TPSA) is 33.3 Å². The van der Waals surface area contributed by atoms with Crippen LogP contribution in [0.25, 0.3) is 0 Å². The van der Waals surface area contributed by atoms with Crippen molar-refractivity contribution in [2.45, 2.75) is 19.8 Å². The summed E-state index contributed by atoms with van der Waals surface area (Å²) in [7, 11) is 0. The Hall–Kier alpha value is -0.450. The van der Waals surface area contributed by atoms with E-state index in [1.807, 2.05) is 19.1 Å². The molecule has 0 aliphatic carbocycles. The molecule has 19 heavy (non-hydrogen) atoms. The number of hydrogen-bond acceptors (Lipinski definition) is 3. The van der Waals surface area contributed by atoms with Crippen molar-refractivity contribution in [3.8, 4) is 5.75 Å². The molecule has 2 N–H and O–H groups in total. The van der Waals surface area contributed by atoms with E-state index in [2.05, 4.69) is 26.6 Å². The molecule has 1 aliphatic heterocycles. The second kappa shape index (κ2) is 7.36. The van der Waals surface area contributed by atoms with Crippen LogP contribution in [0, 0.1) is 5.92 Å². The van der Waals surface area contributed by atoms with Gasteiger partial charge in [-0.3, -0.25) is 0 Å². The van der Waals surface area contributed by atoms with Gasteiger partial charge in [0, 0.05) is 11.6 Å². The highest BCUT2D eigenvalue weighted by molar-refractivity contribution is 9.10. The van der Waals surface area contributed by atoms with Gasteiger partial charge in [-0.15, -0.1) is 0 Å². The van der Waals surface area contributed by atoms with E-state index in [-0.39, 0.29) is 0 Å². The lowest BCUT2D eigenvalue weighted by atomic mass is 9.98. The van der Waals surface area contributed by atoms with E-state index in [1.54, 1.807) is 0 Å². The smallest absolute Gasteiger partial charge is 0.156 e. The third-order valence-corrected chi connectivity index (χ3v) is 4.14. The van der Waals surface area contributed by atoms with Gasteiger partial charge in [-0.05, 0) is 66.8 Å². The normalized spacial score (nSPS) is 16.4. The molecule has 0 unspecified atom stereocenters. The summed E-state index contributed by atoms with van der Waals surface area (Å²) in [5, 5.41) is 7.58. The molecule has 5 heteroatoms. The largest absolute Gasteiger partial charge is 0.491 e. The van der Waals surface area contributed by atoms with Crippen molar-refractivity contribution in [3.05, 3.63) is 21.6 Å². The first kappa shape index (κ1) is 14.9. The zero-order valence-corrected chi connectivity index (χ0v) is 13.5. The summed E-state index contributed by atoms with van der Waals surface area (Å²) in [4.78, 5) is 0. The molecule has 0 atom stereocenters. The van der Waals surface area contributed by atoms with Crippen molar-refractivity contribution in [2.75, 3.05) is 31.6 Å². The predicted molar refractivity (Wildman–Crippen MR) is 84.4 cm³/mol. The van der Waals surface area contributed by atoms with Crippen LogP contribution in [0.5, 0.6) is 5.75 Å². The van der Waals surface area contributed by atoms with E-state index >= 15 is 0 Å². The monoisotopic (exact) mass is 346 g/mol. The minimum Gasteiger partial charge on any atom is -0.491 e. The van der Waals surface area contributed by atoms with Crippen molar-refractivity contribution >= 4 is 33.2 Å². The Morgan fingerprint density at radius 1 is 1.42 bits per heavy atom. The Morgan fingerprint density at radius 2 is 2.16 bits per heavy atom. The fourth-order valence-corrected chi connectivity index (χ4v) is 3.25. The number of ether oxygens (including phenoxy) is 1. The van der Waals surface area contributed by atoms with Crippen molar-refractivity contribution < 1.29 is 4.74 Å². The maximum atomic E-state index is 6.11. The van der Waals surface area contributed by atoms with E-state index in [0.717, 1.165) is 35.5 Å². The maximum Gasteiger partial charge on any atom is 0.156 e. The third kappa shape index (κ3) is 4.26. The van der Waals surface area contributed by atoms with Crippen molar-refractivity contribution in [1.82, 2.24) is 5.32 Å². The molecule has 1 saturated heterocycles. The molecule has 1 aromatic rings. The van der Waals surface area contributed by atoms with Crippen LogP contribution in [0.15, 0.2) is 16.6 Å². The molecule has 0 bridgehead atoms. The number of anilines is 1. The highest BCUT2D eigenvalue weighted by Gasteiger charge is 2.15. The molecule has 0 saturated carbocycles. The lowest BCUT2D eigenvalue weighted by Crippen LogP contribution is -2.31. The SMILES string of the molecule is CCOc1c(Br)cc(Cl)cc1NCC1CCNCC1. The first-order valence-corrected chi connectivity index (χ1v) is 7.94. The fraction of sp³-hybridized carbons (Fsp3) is 0.571. The summed E-state index contributed by atoms with van der Waals surface area (Å²) in [6.07, 6.45) is 2.44. The van der Waals surface area contributed by atoms with Gasteiger partial charge >= 0.3 is 0 Å². The molecule has 0 aromatic heterocycles. The van der Waals surface area contributed by atoms with Gasteiger partial charge in [-0.1, -0.05) is 11.6 Å². The molecule has 1 aliphatic rings. The van der Waals surface area contributed by atoms with Gasteiger partial charge in [-0.25, -0.2) is 0 Å². The Bertz CT molecular complexity index is 422. The van der Waals surface area contributed by atoms with Crippen LogP contribution in [-0.2, 0) is 0 Å². The molecule has 1 aromatic carbocycles. The van der Waals surface area contributed by atoms with Gasteiger partial charge < -0.3 is 15.4 Å². The lowest BCUT2D eigenvalue weighted by molar-refractivity contribution is 0.339. The van der Waals surface area contributed by atoms with E-state index in [9.17, 15) is 0 Å². The summed E-state index contributed by atoms with van der Waals surface area (Å²) in [5.74, 6) is 1.56. The van der Waals surface area contributed by atoms with E-state index < -0.39 is 0 Å². The average Bonchev–Trinajstić information content (AvgIpc) is 2.41. The summed E-state index contributed by atoms with van der Waals surface area (Å²) in [6, 6.07) is 3.79. The molecular formula is C14H20BrClN2O. The Labute approximate surface area is 128 Å². The second-order valence-corrected chi connectivity index (χ2v) is 6.06. The number of nitrogens with one attached hydrogen (secondary N) is 2. The number of halogens is 2. The van der Waals surface area contributed by atoms with Crippen LogP contribution in [0.2, 0.25) is 5.02 Å². The Kier molecular flexibility index (Phi) is 5.79. The molecule has 0 amide bonds. The van der Waals surface area contributed by atoms with Crippen molar-refractivity contribution in [3.63, 3.8) is 0 Å². The van der Waals surface area contributed by atoms with E-state index in [4.69, 9.17) is 16.3 Å². The second-order valence-electron chi connectivity index (χ2n) is 4.77. The van der Waals surface area contributed by atoms with Crippen molar-refractivity contribution in [1.29, 1.82) is 0 Å².